The van der Waals surface area contributed by atoms with Gasteiger partial charge in [0.15, 0.2) is 0 Å². The number of amides is 1. The Morgan fingerprint density at radius 1 is 1.05 bits per heavy atom. The number of aromatic amines is 1. The summed E-state index contributed by atoms with van der Waals surface area (Å²) >= 11 is 19.4. The maximum atomic E-state index is 13.4. The number of hydrogen-bond acceptors (Lipinski definition) is 7. The van der Waals surface area contributed by atoms with Gasteiger partial charge in [-0.15, -0.1) is 0 Å². The first kappa shape index (κ1) is 29.4. The van der Waals surface area contributed by atoms with Gasteiger partial charge in [-0.1, -0.05) is 59.1 Å². The van der Waals surface area contributed by atoms with Crippen LogP contribution in [0, 0.1) is 6.92 Å². The molecule has 0 saturated carbocycles. The third-order valence-corrected chi connectivity index (χ3v) is 7.52. The van der Waals surface area contributed by atoms with Gasteiger partial charge in [0.25, 0.3) is 5.91 Å². The van der Waals surface area contributed by atoms with Gasteiger partial charge in [0.1, 0.15) is 23.7 Å². The van der Waals surface area contributed by atoms with Crippen LogP contribution in [0.3, 0.4) is 0 Å². The van der Waals surface area contributed by atoms with Crippen molar-refractivity contribution in [3.05, 3.63) is 98.3 Å². The predicted molar refractivity (Wildman–Crippen MR) is 160 cm³/mol. The number of fused-ring (bicyclic) bond motifs is 1. The molecule has 2 heterocycles. The second-order valence-electron chi connectivity index (χ2n) is 9.41. The van der Waals surface area contributed by atoms with E-state index in [0.29, 0.717) is 39.1 Å². The number of imidazole rings is 1. The van der Waals surface area contributed by atoms with Gasteiger partial charge in [-0.05, 0) is 36.2 Å². The van der Waals surface area contributed by atoms with Gasteiger partial charge < -0.3 is 19.8 Å². The molecule has 3 aromatic carbocycles. The lowest BCUT2D eigenvalue weighted by atomic mass is 9.95. The summed E-state index contributed by atoms with van der Waals surface area (Å²) in [6.07, 6.45) is 1.63. The Morgan fingerprint density at radius 2 is 1.81 bits per heavy atom. The number of benzene rings is 3. The van der Waals surface area contributed by atoms with E-state index in [9.17, 15) is 9.59 Å². The predicted octanol–water partition coefficient (Wildman–Crippen LogP) is 5.70. The lowest BCUT2D eigenvalue weighted by molar-refractivity contribution is -0.139. The van der Waals surface area contributed by atoms with Crippen LogP contribution in [-0.4, -0.2) is 57.4 Å². The molecule has 0 spiro atoms. The van der Waals surface area contributed by atoms with Gasteiger partial charge in [-0.25, -0.2) is 14.6 Å². The summed E-state index contributed by atoms with van der Waals surface area (Å²) in [5.74, 6) is 0.356. The van der Waals surface area contributed by atoms with Crippen LogP contribution in [0.5, 0.6) is 5.75 Å². The molecular weight excluding hydrogens is 603 g/mol. The number of carbonyl (C=O) groups is 2. The zero-order valence-corrected chi connectivity index (χ0v) is 25.0. The molecule has 1 amide bonds. The molecule has 0 aliphatic carbocycles. The number of nitrogens with zero attached hydrogens (tertiary/aromatic N) is 4. The first-order valence-corrected chi connectivity index (χ1v) is 13.8. The summed E-state index contributed by atoms with van der Waals surface area (Å²) in [5.41, 5.74) is 3.59. The molecule has 0 bridgehead atoms. The van der Waals surface area contributed by atoms with E-state index in [-0.39, 0.29) is 34.5 Å². The second kappa shape index (κ2) is 12.4. The first-order chi connectivity index (χ1) is 20.2. The highest BCUT2D eigenvalue weighted by Gasteiger charge is 2.23. The fourth-order valence-electron chi connectivity index (χ4n) is 4.55. The van der Waals surface area contributed by atoms with E-state index in [1.54, 1.807) is 31.2 Å². The molecule has 216 valence electrons. The molecule has 10 nitrogen and oxygen atoms in total. The van der Waals surface area contributed by atoms with Crippen molar-refractivity contribution >= 4 is 57.7 Å². The van der Waals surface area contributed by atoms with Gasteiger partial charge in [-0.2, -0.15) is 5.10 Å². The smallest absolute Gasteiger partial charge is 0.309 e. The summed E-state index contributed by atoms with van der Waals surface area (Å²) in [7, 11) is 2.87. The normalized spacial score (nSPS) is 11.9. The standard InChI is InChI=1S/C29H25Cl3N6O4/c1-15-34-14-38(37-15)18-9-21(31)27(22(32)10-18)29(40)33-13-19(17-6-4-5-16(7-17)8-26(39)42-3)28-35-23-11-20(30)25(41-2)12-24(23)36-28/h4-7,9-12,14,19H,8,13H2,1-3H3,(H,33,40)(H,35,36)/t19-/m0/s1. The molecule has 0 aliphatic heterocycles. The molecule has 13 heteroatoms. The molecule has 5 aromatic rings. The quantitative estimate of drug-likeness (QED) is 0.201. The molecule has 0 unspecified atom stereocenters. The van der Waals surface area contributed by atoms with Crippen molar-refractivity contribution in [3.63, 3.8) is 0 Å². The van der Waals surface area contributed by atoms with Crippen molar-refractivity contribution in [1.82, 2.24) is 30.0 Å². The van der Waals surface area contributed by atoms with Crippen molar-refractivity contribution in [2.75, 3.05) is 20.8 Å². The van der Waals surface area contributed by atoms with Crippen molar-refractivity contribution < 1.29 is 19.1 Å². The monoisotopic (exact) mass is 626 g/mol. The lowest BCUT2D eigenvalue weighted by Crippen LogP contribution is -2.30. The number of ether oxygens (including phenoxy) is 2. The Hall–Kier alpha value is -4.12. The topological polar surface area (TPSA) is 124 Å². The Labute approximate surface area is 255 Å². The van der Waals surface area contributed by atoms with Crippen LogP contribution >= 0.6 is 34.8 Å². The van der Waals surface area contributed by atoms with Crippen LogP contribution in [0.15, 0.2) is 54.9 Å². The van der Waals surface area contributed by atoms with Crippen LogP contribution in [0.4, 0.5) is 0 Å². The van der Waals surface area contributed by atoms with Crippen LogP contribution < -0.4 is 10.1 Å². The number of hydrogen-bond donors (Lipinski definition) is 2. The van der Waals surface area contributed by atoms with Gasteiger partial charge in [0.2, 0.25) is 0 Å². The Balaban J connectivity index is 1.47. The number of halogens is 3. The number of methoxy groups -OCH3 is 2. The van der Waals surface area contributed by atoms with Crippen LogP contribution in [0.25, 0.3) is 16.7 Å². The number of H-pyrrole nitrogens is 1. The zero-order chi connectivity index (χ0) is 30.0. The second-order valence-corrected chi connectivity index (χ2v) is 10.6. The number of carbonyl (C=O) groups excluding carboxylic acids is 2. The number of rotatable bonds is 9. The number of aryl methyl sites for hydroxylation is 1. The van der Waals surface area contributed by atoms with Crippen LogP contribution in [0.1, 0.15) is 39.1 Å². The van der Waals surface area contributed by atoms with Gasteiger partial charge in [-0.3, -0.25) is 9.59 Å². The molecule has 0 saturated heterocycles. The van der Waals surface area contributed by atoms with Crippen LogP contribution in [-0.2, 0) is 16.0 Å². The first-order valence-electron chi connectivity index (χ1n) is 12.7. The van der Waals surface area contributed by atoms with Crippen molar-refractivity contribution in [2.45, 2.75) is 19.3 Å². The van der Waals surface area contributed by atoms with Crippen LogP contribution in [0.2, 0.25) is 15.1 Å². The highest BCUT2D eigenvalue weighted by molar-refractivity contribution is 6.40. The maximum Gasteiger partial charge on any atom is 0.309 e. The summed E-state index contributed by atoms with van der Waals surface area (Å²) in [4.78, 5) is 37.5. The molecule has 5 rings (SSSR count). The fourth-order valence-corrected chi connectivity index (χ4v) is 5.43. The van der Waals surface area contributed by atoms with E-state index in [1.807, 2.05) is 24.3 Å². The third-order valence-electron chi connectivity index (χ3n) is 6.62. The maximum absolute atomic E-state index is 13.4. The van der Waals surface area contributed by atoms with Gasteiger partial charge >= 0.3 is 5.97 Å². The number of esters is 1. The summed E-state index contributed by atoms with van der Waals surface area (Å²) in [6, 6.07) is 14.1. The van der Waals surface area contributed by atoms with E-state index in [1.165, 1.54) is 25.2 Å². The minimum absolute atomic E-state index is 0.0964. The van der Waals surface area contributed by atoms with E-state index >= 15 is 0 Å². The highest BCUT2D eigenvalue weighted by atomic mass is 35.5. The average Bonchev–Trinajstić information content (AvgIpc) is 3.58. The van der Waals surface area contributed by atoms with Gasteiger partial charge in [0, 0.05) is 12.6 Å². The molecule has 2 aromatic heterocycles. The van der Waals surface area contributed by atoms with Gasteiger partial charge in [0.05, 0.1) is 63.9 Å². The zero-order valence-electron chi connectivity index (χ0n) is 22.7. The van der Waals surface area contributed by atoms with E-state index in [2.05, 4.69) is 20.4 Å². The van der Waals surface area contributed by atoms with E-state index < -0.39 is 11.8 Å². The Kier molecular flexibility index (Phi) is 8.67. The van der Waals surface area contributed by atoms with E-state index in [4.69, 9.17) is 49.3 Å². The summed E-state index contributed by atoms with van der Waals surface area (Å²) < 4.78 is 11.7. The van der Waals surface area contributed by atoms with Crippen molar-refractivity contribution in [1.29, 1.82) is 0 Å². The molecule has 1 atom stereocenters. The summed E-state index contributed by atoms with van der Waals surface area (Å²) in [5, 5.41) is 7.95. The Morgan fingerprint density at radius 3 is 2.48 bits per heavy atom. The molecular formula is C29H25Cl3N6O4. The number of aromatic nitrogens is 5. The average molecular weight is 628 g/mol. The number of nitrogens with one attached hydrogen (secondary N) is 2. The largest absolute Gasteiger partial charge is 0.495 e. The van der Waals surface area contributed by atoms with Crippen molar-refractivity contribution in [2.24, 2.45) is 0 Å². The SMILES string of the molecule is COC(=O)Cc1cccc([C@H](CNC(=O)c2c(Cl)cc(-n3cnc(C)n3)cc2Cl)c2nc3cc(OC)c(Cl)cc3[nH]2)c1. The molecule has 2 N–H and O–H groups in total. The Bertz CT molecular complexity index is 1780. The minimum atomic E-state index is -0.470. The fraction of sp³-hybridized carbons (Fsp3) is 0.207. The third kappa shape index (κ3) is 6.20. The summed E-state index contributed by atoms with van der Waals surface area (Å²) in [6.45, 7) is 1.89. The highest BCUT2D eigenvalue weighted by Crippen LogP contribution is 2.32. The molecule has 0 radical (unpaired) electrons. The lowest BCUT2D eigenvalue weighted by Gasteiger charge is -2.18. The van der Waals surface area contributed by atoms with E-state index in [0.717, 1.165) is 11.1 Å². The molecule has 42 heavy (non-hydrogen) atoms. The molecule has 0 fully saturated rings. The van der Waals surface area contributed by atoms with Crippen molar-refractivity contribution in [3.8, 4) is 11.4 Å². The molecule has 0 aliphatic rings. The minimum Gasteiger partial charge on any atom is -0.495 e.